The number of rotatable bonds is 7. The standard InChI is InChI=1S/C22H20O9/c1-10(23)15-7-5-14(6-8-15)9-30-22(29)18-16(11(2)24)19(27)20(28)21(31-13(4)26)17(18)12(3)25/h5-8,27-28H,9H2,1-4H3. The van der Waals surface area contributed by atoms with Gasteiger partial charge in [-0.05, 0) is 26.3 Å². The Morgan fingerprint density at radius 3 is 1.74 bits per heavy atom. The van der Waals surface area contributed by atoms with E-state index in [-0.39, 0.29) is 12.4 Å². The van der Waals surface area contributed by atoms with E-state index in [9.17, 15) is 34.2 Å². The smallest absolute Gasteiger partial charge is 0.340 e. The normalized spacial score (nSPS) is 10.3. The van der Waals surface area contributed by atoms with Crippen LogP contribution in [-0.4, -0.2) is 39.5 Å². The summed E-state index contributed by atoms with van der Waals surface area (Å²) in [7, 11) is 0. The van der Waals surface area contributed by atoms with E-state index in [1.54, 1.807) is 24.3 Å². The molecule has 0 amide bonds. The van der Waals surface area contributed by atoms with E-state index < -0.39 is 57.4 Å². The van der Waals surface area contributed by atoms with Crippen molar-refractivity contribution >= 4 is 29.3 Å². The van der Waals surface area contributed by atoms with E-state index in [2.05, 4.69) is 0 Å². The van der Waals surface area contributed by atoms with Crippen LogP contribution >= 0.6 is 0 Å². The van der Waals surface area contributed by atoms with Crippen molar-refractivity contribution in [3.8, 4) is 17.2 Å². The number of hydrogen-bond acceptors (Lipinski definition) is 9. The molecular weight excluding hydrogens is 408 g/mol. The van der Waals surface area contributed by atoms with Crippen LogP contribution in [0.5, 0.6) is 17.2 Å². The molecule has 0 fully saturated rings. The highest BCUT2D eigenvalue weighted by atomic mass is 16.5. The van der Waals surface area contributed by atoms with Crippen molar-refractivity contribution in [3.05, 3.63) is 52.1 Å². The van der Waals surface area contributed by atoms with E-state index in [1.807, 2.05) is 0 Å². The van der Waals surface area contributed by atoms with E-state index >= 15 is 0 Å². The van der Waals surface area contributed by atoms with E-state index in [0.717, 1.165) is 20.8 Å². The first-order valence-electron chi connectivity index (χ1n) is 9.04. The molecule has 0 atom stereocenters. The molecule has 0 radical (unpaired) electrons. The molecule has 0 saturated heterocycles. The molecule has 0 aromatic heterocycles. The number of hydrogen-bond donors (Lipinski definition) is 2. The molecule has 31 heavy (non-hydrogen) atoms. The summed E-state index contributed by atoms with van der Waals surface area (Å²) in [5.41, 5.74) is -0.882. The average molecular weight is 428 g/mol. The van der Waals surface area contributed by atoms with Crippen LogP contribution in [0, 0.1) is 0 Å². The van der Waals surface area contributed by atoms with Crippen LogP contribution in [0.25, 0.3) is 0 Å². The lowest BCUT2D eigenvalue weighted by atomic mass is 9.93. The number of benzene rings is 2. The fourth-order valence-corrected chi connectivity index (χ4v) is 2.88. The largest absolute Gasteiger partial charge is 0.504 e. The van der Waals surface area contributed by atoms with Gasteiger partial charge in [-0.25, -0.2) is 4.79 Å². The number of aromatic hydroxyl groups is 2. The van der Waals surface area contributed by atoms with Crippen LogP contribution in [0.4, 0.5) is 0 Å². The van der Waals surface area contributed by atoms with Crippen molar-refractivity contribution in [1.82, 2.24) is 0 Å². The minimum atomic E-state index is -1.16. The number of phenolic OH excluding ortho intramolecular Hbond substituents is 2. The molecular formula is C22H20O9. The molecule has 2 aromatic rings. The van der Waals surface area contributed by atoms with Crippen LogP contribution < -0.4 is 4.74 Å². The van der Waals surface area contributed by atoms with Crippen LogP contribution in [0.1, 0.15) is 74.7 Å². The maximum atomic E-state index is 12.8. The predicted octanol–water partition coefficient (Wildman–Crippen LogP) is 2.99. The van der Waals surface area contributed by atoms with Gasteiger partial charge in [0, 0.05) is 12.5 Å². The molecule has 0 aliphatic heterocycles. The molecule has 0 spiro atoms. The molecule has 162 valence electrons. The van der Waals surface area contributed by atoms with Gasteiger partial charge in [0.05, 0.1) is 16.7 Å². The predicted molar refractivity (Wildman–Crippen MR) is 107 cm³/mol. The number of ketones is 3. The van der Waals surface area contributed by atoms with E-state index in [0.29, 0.717) is 11.1 Å². The fraction of sp³-hybridized carbons (Fsp3) is 0.227. The lowest BCUT2D eigenvalue weighted by molar-refractivity contribution is -0.132. The summed E-state index contributed by atoms with van der Waals surface area (Å²) in [6.07, 6.45) is 0. The zero-order chi connectivity index (χ0) is 23.5. The Bertz CT molecular complexity index is 1100. The zero-order valence-corrected chi connectivity index (χ0v) is 17.3. The summed E-state index contributed by atoms with van der Waals surface area (Å²) in [5.74, 6) is -6.67. The Morgan fingerprint density at radius 1 is 0.742 bits per heavy atom. The quantitative estimate of drug-likeness (QED) is 0.294. The summed E-state index contributed by atoms with van der Waals surface area (Å²) >= 11 is 0. The molecule has 0 unspecified atom stereocenters. The maximum Gasteiger partial charge on any atom is 0.340 e. The number of phenols is 2. The monoisotopic (exact) mass is 428 g/mol. The third-order valence-electron chi connectivity index (χ3n) is 4.29. The maximum absolute atomic E-state index is 12.8. The molecule has 9 heteroatoms. The lowest BCUT2D eigenvalue weighted by Gasteiger charge is -2.18. The minimum absolute atomic E-state index is 0.140. The highest BCUT2D eigenvalue weighted by molar-refractivity contribution is 6.16. The van der Waals surface area contributed by atoms with Crippen LogP contribution in [0.15, 0.2) is 24.3 Å². The van der Waals surface area contributed by atoms with Crippen molar-refractivity contribution in [3.63, 3.8) is 0 Å². The first kappa shape index (κ1) is 23.3. The van der Waals surface area contributed by atoms with Gasteiger partial charge >= 0.3 is 11.9 Å². The van der Waals surface area contributed by atoms with Gasteiger partial charge < -0.3 is 19.7 Å². The lowest BCUT2D eigenvalue weighted by Crippen LogP contribution is -2.18. The summed E-state index contributed by atoms with van der Waals surface area (Å²) in [6, 6.07) is 6.19. The molecule has 0 saturated carbocycles. The molecule has 0 bridgehead atoms. The fourth-order valence-electron chi connectivity index (χ4n) is 2.88. The average Bonchev–Trinajstić information content (AvgIpc) is 2.68. The Balaban J connectivity index is 2.56. The Hall–Kier alpha value is -4.01. The number of esters is 2. The molecule has 0 aliphatic carbocycles. The molecule has 2 aromatic carbocycles. The van der Waals surface area contributed by atoms with Crippen molar-refractivity contribution in [1.29, 1.82) is 0 Å². The first-order valence-corrected chi connectivity index (χ1v) is 9.04. The third kappa shape index (κ3) is 4.95. The van der Waals surface area contributed by atoms with Gasteiger partial charge in [0.1, 0.15) is 6.61 Å². The van der Waals surface area contributed by atoms with Crippen molar-refractivity contribution < 1.29 is 43.7 Å². The zero-order valence-electron chi connectivity index (χ0n) is 17.3. The molecule has 2 rings (SSSR count). The highest BCUT2D eigenvalue weighted by Gasteiger charge is 2.34. The van der Waals surface area contributed by atoms with Gasteiger partial charge in [0.15, 0.2) is 28.8 Å². The molecule has 9 nitrogen and oxygen atoms in total. The summed E-state index contributed by atoms with van der Waals surface area (Å²) in [4.78, 5) is 59.9. The van der Waals surface area contributed by atoms with Crippen molar-refractivity contribution in [2.75, 3.05) is 0 Å². The van der Waals surface area contributed by atoms with Crippen LogP contribution in [0.2, 0.25) is 0 Å². The summed E-state index contributed by atoms with van der Waals surface area (Å²) in [5, 5.41) is 20.4. The van der Waals surface area contributed by atoms with Gasteiger partial charge in [0.25, 0.3) is 0 Å². The van der Waals surface area contributed by atoms with Gasteiger partial charge in [-0.2, -0.15) is 0 Å². The molecule has 0 heterocycles. The Labute approximate surface area is 177 Å². The van der Waals surface area contributed by atoms with Crippen LogP contribution in [-0.2, 0) is 16.1 Å². The Morgan fingerprint density at radius 2 is 1.29 bits per heavy atom. The molecule has 2 N–H and O–H groups in total. The number of carbonyl (C=O) groups excluding carboxylic acids is 5. The second kappa shape index (κ2) is 9.21. The second-order valence-electron chi connectivity index (χ2n) is 6.69. The number of carbonyl (C=O) groups is 5. The van der Waals surface area contributed by atoms with Gasteiger partial charge in [-0.3, -0.25) is 19.2 Å². The van der Waals surface area contributed by atoms with Crippen molar-refractivity contribution in [2.45, 2.75) is 34.3 Å². The van der Waals surface area contributed by atoms with E-state index in [1.165, 1.54) is 6.92 Å². The van der Waals surface area contributed by atoms with Gasteiger partial charge in [0.2, 0.25) is 5.75 Å². The summed E-state index contributed by atoms with van der Waals surface area (Å²) < 4.78 is 10.0. The summed E-state index contributed by atoms with van der Waals surface area (Å²) in [6.45, 7) is 4.15. The number of ether oxygens (including phenoxy) is 2. The van der Waals surface area contributed by atoms with Gasteiger partial charge in [-0.1, -0.05) is 24.3 Å². The van der Waals surface area contributed by atoms with Crippen molar-refractivity contribution in [2.24, 2.45) is 0 Å². The third-order valence-corrected chi connectivity index (χ3v) is 4.29. The van der Waals surface area contributed by atoms with Gasteiger partial charge in [-0.15, -0.1) is 0 Å². The first-order chi connectivity index (χ1) is 14.5. The topological polar surface area (TPSA) is 144 Å². The van der Waals surface area contributed by atoms with E-state index in [4.69, 9.17) is 9.47 Å². The molecule has 0 aliphatic rings. The highest BCUT2D eigenvalue weighted by Crippen LogP contribution is 2.45. The second-order valence-corrected chi connectivity index (χ2v) is 6.69. The number of Topliss-reactive ketones (excluding diaryl/α,β-unsaturated/α-hetero) is 3. The minimum Gasteiger partial charge on any atom is -0.504 e. The van der Waals surface area contributed by atoms with Crippen LogP contribution in [0.3, 0.4) is 0 Å². The Kier molecular flexibility index (Phi) is 6.91. The SMILES string of the molecule is CC(=O)Oc1c(O)c(O)c(C(C)=O)c(C(=O)OCc2ccc(C(C)=O)cc2)c1C(C)=O.